The number of hydrogen-bond donors (Lipinski definition) is 4. The van der Waals surface area contributed by atoms with E-state index in [-0.39, 0.29) is 41.9 Å². The molecule has 1 heterocycles. The molecule has 0 radical (unpaired) electrons. The summed E-state index contributed by atoms with van der Waals surface area (Å²) in [4.78, 5) is 25.8. The number of benzene rings is 3. The number of thioether (sulfide) groups is 1. The van der Waals surface area contributed by atoms with Gasteiger partial charge in [-0.15, -0.1) is 11.8 Å². The minimum atomic E-state index is -0.958. The average molecular weight is 643 g/mol. The lowest BCUT2D eigenvalue weighted by Gasteiger charge is -2.56. The molecule has 3 aromatic rings. The number of nitrogens with one attached hydrogen (secondary N) is 2. The van der Waals surface area contributed by atoms with E-state index in [2.05, 4.69) is 17.6 Å². The van der Waals surface area contributed by atoms with Gasteiger partial charge in [0, 0.05) is 33.4 Å². The average Bonchev–Trinajstić information content (AvgIpc) is 3.03. The number of carboxylic acids is 1. The molecule has 242 valence electrons. The minimum absolute atomic E-state index is 0.0361. The number of urea groups is 1. The largest absolute Gasteiger partial charge is 0.478 e. The molecule has 1 saturated heterocycles. The number of aromatic carboxylic acids is 1. The zero-order chi connectivity index (χ0) is 31.8. The van der Waals surface area contributed by atoms with E-state index >= 15 is 0 Å². The van der Waals surface area contributed by atoms with E-state index in [0.717, 1.165) is 53.7 Å². The second-order valence-electron chi connectivity index (χ2n) is 13.8. The van der Waals surface area contributed by atoms with E-state index in [9.17, 15) is 19.8 Å². The van der Waals surface area contributed by atoms with Gasteiger partial charge in [0.15, 0.2) is 6.29 Å². The first-order valence-corrected chi connectivity index (χ1v) is 17.4. The zero-order valence-corrected chi connectivity index (χ0v) is 26.9. The van der Waals surface area contributed by atoms with Crippen LogP contribution < -0.4 is 10.6 Å². The van der Waals surface area contributed by atoms with Crippen LogP contribution in [0.25, 0.3) is 0 Å². The lowest BCUT2D eigenvalue weighted by molar-refractivity contribution is -0.268. The van der Waals surface area contributed by atoms with Gasteiger partial charge in [0.2, 0.25) is 0 Å². The van der Waals surface area contributed by atoms with Gasteiger partial charge in [0.1, 0.15) is 0 Å². The summed E-state index contributed by atoms with van der Waals surface area (Å²) in [6, 6.07) is 22.2. The minimum Gasteiger partial charge on any atom is -0.478 e. The van der Waals surface area contributed by atoms with Gasteiger partial charge in [0.05, 0.1) is 24.4 Å². The van der Waals surface area contributed by atoms with Crippen molar-refractivity contribution >= 4 is 29.4 Å². The predicted molar refractivity (Wildman–Crippen MR) is 177 cm³/mol. The molecule has 8 rings (SSSR count). The molecule has 5 fully saturated rings. The summed E-state index contributed by atoms with van der Waals surface area (Å²) in [5, 5.41) is 25.8. The van der Waals surface area contributed by atoms with Crippen molar-refractivity contribution in [3.8, 4) is 0 Å². The molecule has 4 aliphatic carbocycles. The van der Waals surface area contributed by atoms with Gasteiger partial charge >= 0.3 is 12.0 Å². The molecule has 4 bridgehead atoms. The van der Waals surface area contributed by atoms with Crippen LogP contribution in [0.5, 0.6) is 0 Å². The van der Waals surface area contributed by atoms with Crippen LogP contribution in [0.2, 0.25) is 0 Å². The molecule has 1 aliphatic heterocycles. The molecule has 3 aromatic carbocycles. The van der Waals surface area contributed by atoms with Gasteiger partial charge < -0.3 is 30.3 Å². The summed E-state index contributed by atoms with van der Waals surface area (Å²) >= 11 is 1.46. The van der Waals surface area contributed by atoms with Gasteiger partial charge in [-0.05, 0) is 91.7 Å². The Kier molecular flexibility index (Phi) is 8.85. The van der Waals surface area contributed by atoms with Crippen LogP contribution in [-0.4, -0.2) is 39.6 Å². The lowest BCUT2D eigenvalue weighted by atomic mass is 9.53. The number of carboxylic acid groups (broad SMARTS) is 1. The molecular weight excluding hydrogens is 600 g/mol. The fourth-order valence-corrected chi connectivity index (χ4v) is 9.89. The SMILES string of the molecule is C[C@H]1[C@@H](CSc2ccccc2C(=O)O)O[C@@H](c2cccc(NC(=O)NC34CC5CC(CC(C5)C3)C4)c2)O[C@H]1c1ccc(CO)cc1. The van der Waals surface area contributed by atoms with Crippen molar-refractivity contribution in [2.45, 2.75) is 81.0 Å². The van der Waals surface area contributed by atoms with Crippen LogP contribution in [0, 0.1) is 23.7 Å². The number of carbonyl (C=O) groups excluding carboxylic acids is 1. The third kappa shape index (κ3) is 6.56. The van der Waals surface area contributed by atoms with Crippen LogP contribution in [0.3, 0.4) is 0 Å². The predicted octanol–water partition coefficient (Wildman–Crippen LogP) is 7.55. The molecular formula is C37H42N2O6S. The molecule has 4 atom stereocenters. The number of aliphatic hydroxyl groups is 1. The zero-order valence-electron chi connectivity index (χ0n) is 26.1. The number of ether oxygens (including phenoxy) is 2. The molecule has 8 nitrogen and oxygen atoms in total. The van der Waals surface area contributed by atoms with Crippen molar-refractivity contribution in [1.29, 1.82) is 0 Å². The van der Waals surface area contributed by atoms with Gasteiger partial charge in [-0.25, -0.2) is 9.59 Å². The lowest BCUT2D eigenvalue weighted by Crippen LogP contribution is -2.60. The molecule has 0 spiro atoms. The molecule has 4 saturated carbocycles. The van der Waals surface area contributed by atoms with Crippen LogP contribution in [0.15, 0.2) is 77.7 Å². The quantitative estimate of drug-likeness (QED) is 0.178. The first kappa shape index (κ1) is 31.2. The highest BCUT2D eigenvalue weighted by Gasteiger charge is 2.51. The van der Waals surface area contributed by atoms with Crippen molar-refractivity contribution < 1.29 is 29.3 Å². The monoisotopic (exact) mass is 642 g/mol. The number of rotatable bonds is 9. The van der Waals surface area contributed by atoms with Crippen LogP contribution in [-0.2, 0) is 16.1 Å². The standard InChI is InChI=1S/C37H42N2O6S/c1-22-31(21-46-32-8-3-2-7-30(32)34(41)42)44-35(45-33(22)27-11-9-23(20-40)10-12-27)28-5-4-6-29(16-28)38-36(43)39-37-17-24-13-25(18-37)15-26(14-24)19-37/h2-12,16,22,24-26,31,33,35,40H,13-15,17-21H2,1H3,(H,41,42)(H2,38,39,43)/t22-,24?,25?,26?,31+,33+,35+,37?/m0/s1. The Morgan fingerprint density at radius 2 is 1.59 bits per heavy atom. The molecule has 2 amide bonds. The number of aliphatic hydroxyl groups excluding tert-OH is 1. The highest BCUT2D eigenvalue weighted by atomic mass is 32.2. The fraction of sp³-hybridized carbons (Fsp3) is 0.459. The summed E-state index contributed by atoms with van der Waals surface area (Å²) in [6.45, 7) is 2.05. The number of hydrogen-bond acceptors (Lipinski definition) is 6. The van der Waals surface area contributed by atoms with E-state index in [1.54, 1.807) is 12.1 Å². The van der Waals surface area contributed by atoms with E-state index in [1.165, 1.54) is 31.0 Å². The first-order chi connectivity index (χ1) is 22.3. The molecule has 9 heteroatoms. The maximum Gasteiger partial charge on any atom is 0.336 e. The van der Waals surface area contributed by atoms with Crippen LogP contribution in [0.4, 0.5) is 10.5 Å². The Morgan fingerprint density at radius 1 is 0.891 bits per heavy atom. The smallest absolute Gasteiger partial charge is 0.336 e. The second-order valence-corrected chi connectivity index (χ2v) is 14.9. The van der Waals surface area contributed by atoms with Crippen molar-refractivity contribution in [3.05, 3.63) is 95.1 Å². The molecule has 5 aliphatic rings. The van der Waals surface area contributed by atoms with Gasteiger partial charge in [-0.2, -0.15) is 0 Å². The van der Waals surface area contributed by atoms with Crippen LogP contribution >= 0.6 is 11.8 Å². The van der Waals surface area contributed by atoms with E-state index < -0.39 is 12.3 Å². The Morgan fingerprint density at radius 3 is 2.26 bits per heavy atom. The molecule has 4 N–H and O–H groups in total. The third-order valence-electron chi connectivity index (χ3n) is 10.5. The van der Waals surface area contributed by atoms with Gasteiger partial charge in [-0.3, -0.25) is 0 Å². The molecule has 0 aromatic heterocycles. The van der Waals surface area contributed by atoms with E-state index in [0.29, 0.717) is 16.3 Å². The molecule has 46 heavy (non-hydrogen) atoms. The van der Waals surface area contributed by atoms with E-state index in [4.69, 9.17) is 9.47 Å². The summed E-state index contributed by atoms with van der Waals surface area (Å²) in [5.41, 5.74) is 3.45. The Labute approximate surface area is 274 Å². The van der Waals surface area contributed by atoms with Gasteiger partial charge in [-0.1, -0.05) is 55.5 Å². The third-order valence-corrected chi connectivity index (χ3v) is 11.6. The topological polar surface area (TPSA) is 117 Å². The number of anilines is 1. The van der Waals surface area contributed by atoms with E-state index in [1.807, 2.05) is 60.7 Å². The number of carbonyl (C=O) groups is 2. The van der Waals surface area contributed by atoms with Crippen molar-refractivity contribution in [2.24, 2.45) is 23.7 Å². The van der Waals surface area contributed by atoms with Gasteiger partial charge in [0.25, 0.3) is 0 Å². The first-order valence-electron chi connectivity index (χ1n) is 16.4. The second kappa shape index (κ2) is 13.0. The Balaban J connectivity index is 1.09. The van der Waals surface area contributed by atoms with Crippen molar-refractivity contribution in [2.75, 3.05) is 11.1 Å². The fourth-order valence-electron chi connectivity index (χ4n) is 8.68. The summed E-state index contributed by atoms with van der Waals surface area (Å²) in [6.07, 6.45) is 5.97. The summed E-state index contributed by atoms with van der Waals surface area (Å²) in [5.74, 6) is 1.76. The normalized spacial score (nSPS) is 31.4. The van der Waals surface area contributed by atoms with Crippen molar-refractivity contribution in [1.82, 2.24) is 5.32 Å². The number of amides is 2. The summed E-state index contributed by atoms with van der Waals surface area (Å²) in [7, 11) is 0. The molecule has 0 unspecified atom stereocenters. The highest BCUT2D eigenvalue weighted by Crippen LogP contribution is 2.55. The summed E-state index contributed by atoms with van der Waals surface area (Å²) < 4.78 is 13.2. The maximum absolute atomic E-state index is 13.3. The van der Waals surface area contributed by atoms with Crippen molar-refractivity contribution in [3.63, 3.8) is 0 Å². The Hall–Kier alpha value is -3.37. The Bertz CT molecular complexity index is 1540. The highest BCUT2D eigenvalue weighted by molar-refractivity contribution is 7.99. The maximum atomic E-state index is 13.3. The van der Waals surface area contributed by atoms with Crippen LogP contribution in [0.1, 0.15) is 84.9 Å².